The average Bonchev–Trinajstić information content (AvgIpc) is 3.88. The summed E-state index contributed by atoms with van der Waals surface area (Å²) >= 11 is 0. The maximum Gasteiger partial charge on any atom is 0.139 e. The molecule has 2 nitrogen and oxygen atoms in total. The minimum absolute atomic E-state index is 0.887. The quantitative estimate of drug-likeness (QED) is 0.136. The Morgan fingerprint density at radius 1 is 0.317 bits per heavy atom. The summed E-state index contributed by atoms with van der Waals surface area (Å²) in [5.41, 5.74) is 22.0. The molecule has 290 valence electrons. The Morgan fingerprint density at radius 3 is 1.49 bits per heavy atom. The molecule has 10 aromatic carbocycles. The molecule has 12 rings (SSSR count). The zero-order valence-electron chi connectivity index (χ0n) is 36.2. The molecule has 63 heavy (non-hydrogen) atoms. The number of aromatic nitrogens is 1. The first kappa shape index (κ1) is 37.4. The monoisotopic (exact) mass is 797 g/mol. The zero-order valence-corrected chi connectivity index (χ0v) is 36.2. The van der Waals surface area contributed by atoms with E-state index in [1.807, 2.05) is 0 Å². The van der Waals surface area contributed by atoms with Crippen LogP contribution in [0.15, 0.2) is 186 Å². The van der Waals surface area contributed by atoms with Crippen molar-refractivity contribution in [1.82, 2.24) is 4.57 Å². The second-order valence-electron chi connectivity index (χ2n) is 17.3. The Morgan fingerprint density at radius 2 is 0.825 bits per heavy atom. The molecule has 0 saturated heterocycles. The summed E-state index contributed by atoms with van der Waals surface area (Å²) in [7, 11) is 11.4. The third-order valence-electron chi connectivity index (χ3n) is 14.2. The molecule has 2 heterocycles. The van der Waals surface area contributed by atoms with Gasteiger partial charge < -0.3 is 8.98 Å². The second-order valence-corrected chi connectivity index (χ2v) is 17.3. The number of para-hydroxylation sites is 3. The van der Waals surface area contributed by atoms with Gasteiger partial charge in [-0.25, -0.2) is 0 Å². The fourth-order valence-electron chi connectivity index (χ4n) is 10.7. The van der Waals surface area contributed by atoms with Crippen molar-refractivity contribution >= 4 is 132 Å². The third kappa shape index (κ3) is 5.59. The number of fused-ring (bicyclic) bond motifs is 8. The van der Waals surface area contributed by atoms with E-state index in [0.717, 1.165) is 38.8 Å². The van der Waals surface area contributed by atoms with Crippen LogP contribution in [-0.4, -0.2) is 43.8 Å². The number of rotatable bonds is 5. The second kappa shape index (κ2) is 14.4. The summed E-state index contributed by atoms with van der Waals surface area (Å²) in [5.74, 6) is 0. The first-order valence-electron chi connectivity index (χ1n) is 22.0. The highest BCUT2D eigenvalue weighted by atomic mass is 16.3. The number of nitrogens with zero attached hydrogens (tertiary/aromatic N) is 1. The zero-order chi connectivity index (χ0) is 42.5. The van der Waals surface area contributed by atoms with E-state index in [-0.39, 0.29) is 0 Å². The molecule has 2 aromatic heterocycles. The molecular formula is C56H40B5NO. The van der Waals surface area contributed by atoms with Gasteiger partial charge in [0.15, 0.2) is 0 Å². The number of benzene rings is 10. The Kier molecular flexibility index (Phi) is 8.53. The van der Waals surface area contributed by atoms with Gasteiger partial charge in [-0.15, -0.1) is 16.4 Å². The first-order valence-corrected chi connectivity index (χ1v) is 22.0. The molecule has 0 bridgehead atoms. The fraction of sp³-hybridized carbons (Fsp3) is 0. The van der Waals surface area contributed by atoms with E-state index in [2.05, 4.69) is 226 Å². The summed E-state index contributed by atoms with van der Waals surface area (Å²) in [5, 5.41) is 9.83. The van der Waals surface area contributed by atoms with Gasteiger partial charge in [0.05, 0.1) is 11.0 Å². The van der Waals surface area contributed by atoms with Crippen LogP contribution in [0.4, 0.5) is 0 Å². The molecule has 0 N–H and O–H groups in total. The van der Waals surface area contributed by atoms with Gasteiger partial charge in [-0.1, -0.05) is 157 Å². The van der Waals surface area contributed by atoms with Gasteiger partial charge >= 0.3 is 0 Å². The number of furan rings is 1. The highest BCUT2D eigenvalue weighted by Gasteiger charge is 2.23. The van der Waals surface area contributed by atoms with Crippen LogP contribution in [0.1, 0.15) is 0 Å². The number of hydrogen-bond donors (Lipinski definition) is 0. The summed E-state index contributed by atoms with van der Waals surface area (Å²) < 4.78 is 8.97. The van der Waals surface area contributed by atoms with Crippen molar-refractivity contribution in [1.29, 1.82) is 0 Å². The minimum Gasteiger partial charge on any atom is -0.456 e. The maximum atomic E-state index is 6.56. The van der Waals surface area contributed by atoms with Crippen LogP contribution in [0.3, 0.4) is 0 Å². The molecule has 0 aliphatic rings. The lowest BCUT2D eigenvalue weighted by atomic mass is 9.59. The SMILES string of the molecule is Bc1c(B)c(B)c(-c2c3ccccc3c(-c3ccc(-c4ccc5oc6ccccc6c5c4-c4ccc5c6ccccc6n(-c6ccccc6)c5c4)cc3)c3ccccc23)c(B)c1B. The van der Waals surface area contributed by atoms with E-state index in [9.17, 15) is 0 Å². The van der Waals surface area contributed by atoms with Gasteiger partial charge in [0.25, 0.3) is 0 Å². The van der Waals surface area contributed by atoms with Gasteiger partial charge in [0.2, 0.25) is 0 Å². The van der Waals surface area contributed by atoms with Crippen LogP contribution in [0, 0.1) is 0 Å². The topological polar surface area (TPSA) is 18.1 Å². The van der Waals surface area contributed by atoms with E-state index in [1.54, 1.807) is 0 Å². The molecule has 0 unspecified atom stereocenters. The van der Waals surface area contributed by atoms with E-state index in [1.165, 1.54) is 104 Å². The molecule has 0 aliphatic heterocycles. The van der Waals surface area contributed by atoms with Gasteiger partial charge in [0, 0.05) is 32.8 Å². The highest BCUT2D eigenvalue weighted by Crippen LogP contribution is 2.47. The van der Waals surface area contributed by atoms with Crippen molar-refractivity contribution in [2.75, 3.05) is 0 Å². The molecule has 12 aromatic rings. The lowest BCUT2D eigenvalue weighted by Crippen LogP contribution is -2.55. The predicted octanol–water partition coefficient (Wildman–Crippen LogP) is 6.95. The molecule has 0 aliphatic carbocycles. The Bertz CT molecular complexity index is 3760. The van der Waals surface area contributed by atoms with Crippen molar-refractivity contribution < 1.29 is 4.42 Å². The van der Waals surface area contributed by atoms with Crippen molar-refractivity contribution in [3.05, 3.63) is 182 Å². The van der Waals surface area contributed by atoms with E-state index < -0.39 is 0 Å². The molecule has 0 amide bonds. The first-order chi connectivity index (χ1) is 30.9. The van der Waals surface area contributed by atoms with Gasteiger partial charge in [0.1, 0.15) is 50.4 Å². The normalized spacial score (nSPS) is 11.8. The highest BCUT2D eigenvalue weighted by molar-refractivity contribution is 6.69. The largest absolute Gasteiger partial charge is 0.456 e. The van der Waals surface area contributed by atoms with Crippen LogP contribution in [-0.2, 0) is 0 Å². The molecule has 0 saturated carbocycles. The van der Waals surface area contributed by atoms with Crippen molar-refractivity contribution in [2.45, 2.75) is 0 Å². The summed E-state index contributed by atoms with van der Waals surface area (Å²) in [6, 6.07) is 66.6. The van der Waals surface area contributed by atoms with Crippen LogP contribution in [0.25, 0.3) is 115 Å². The van der Waals surface area contributed by atoms with Crippen LogP contribution < -0.4 is 27.3 Å². The van der Waals surface area contributed by atoms with Gasteiger partial charge in [-0.05, 0) is 96.9 Å². The molecule has 0 spiro atoms. The minimum atomic E-state index is 0.887. The van der Waals surface area contributed by atoms with Crippen molar-refractivity contribution in [2.24, 2.45) is 0 Å². The smallest absolute Gasteiger partial charge is 0.139 e. The Hall–Kier alpha value is -7.36. The lowest BCUT2D eigenvalue weighted by molar-refractivity contribution is 0.669. The summed E-state index contributed by atoms with van der Waals surface area (Å²) in [6.07, 6.45) is 0. The van der Waals surface area contributed by atoms with Crippen LogP contribution in [0.2, 0.25) is 0 Å². The standard InChI is InChI=1S/C56H40B5NO/c57-52-51(53(58)55(60)56(61)54(52)59)49-40-17-6-4-15-38(40)47(39-16-5-7-18-41(39)49)32-24-22-31(23-25-32)35-28-29-46-50(42-19-9-11-21-45(42)63-46)48(35)33-26-27-37-36-14-8-10-20-43(36)62(44(37)30-33)34-12-2-1-3-13-34/h1-30H,57-61H2. The Labute approximate surface area is 371 Å². The van der Waals surface area contributed by atoms with E-state index in [4.69, 9.17) is 4.42 Å². The maximum absolute atomic E-state index is 6.56. The summed E-state index contributed by atoms with van der Waals surface area (Å²) in [4.78, 5) is 0. The van der Waals surface area contributed by atoms with Gasteiger partial charge in [-0.2, -0.15) is 0 Å². The van der Waals surface area contributed by atoms with E-state index in [0.29, 0.717) is 0 Å². The van der Waals surface area contributed by atoms with Crippen molar-refractivity contribution in [3.63, 3.8) is 0 Å². The average molecular weight is 797 g/mol. The predicted molar refractivity (Wildman–Crippen MR) is 286 cm³/mol. The van der Waals surface area contributed by atoms with Crippen LogP contribution >= 0.6 is 0 Å². The molecule has 7 heteroatoms. The molecular weight excluding hydrogens is 757 g/mol. The summed E-state index contributed by atoms with van der Waals surface area (Å²) in [6.45, 7) is 0. The van der Waals surface area contributed by atoms with Crippen LogP contribution in [0.5, 0.6) is 0 Å². The molecule has 0 atom stereocenters. The third-order valence-corrected chi connectivity index (χ3v) is 14.2. The fourth-order valence-corrected chi connectivity index (χ4v) is 10.7. The molecule has 0 radical (unpaired) electrons. The number of hydrogen-bond acceptors (Lipinski definition) is 1. The lowest BCUT2D eigenvalue weighted by Gasteiger charge is -2.24. The Balaban J connectivity index is 1.08. The van der Waals surface area contributed by atoms with Gasteiger partial charge in [-0.3, -0.25) is 0 Å². The molecule has 0 fully saturated rings. The van der Waals surface area contributed by atoms with E-state index >= 15 is 0 Å². The van der Waals surface area contributed by atoms with Crippen molar-refractivity contribution in [3.8, 4) is 50.2 Å².